The van der Waals surface area contributed by atoms with E-state index >= 15 is 0 Å². The standard InChI is InChI=1S/C19H33N7O.2C2HF3O2/c1-15(2)24-7-5-19(6-8-24)18-21-20-16(26(18)14-11-23(19)4)17(27)25-12-9-22(3)10-13-25;2*3-2(4,5)1(6)7/h15H,5-14H2,1-4H3;2*(H,6,7). The van der Waals surface area contributed by atoms with Gasteiger partial charge >= 0.3 is 24.3 Å². The van der Waals surface area contributed by atoms with E-state index in [4.69, 9.17) is 19.8 Å². The summed E-state index contributed by atoms with van der Waals surface area (Å²) in [6.07, 6.45) is -8.08. The number of rotatable bonds is 2. The summed E-state index contributed by atoms with van der Waals surface area (Å²) in [5.74, 6) is -3.94. The lowest BCUT2D eigenvalue weighted by molar-refractivity contribution is -0.193. The quantitative estimate of drug-likeness (QED) is 0.480. The van der Waals surface area contributed by atoms with Gasteiger partial charge in [-0.2, -0.15) is 26.3 Å². The first-order valence-electron chi connectivity index (χ1n) is 12.8. The maximum atomic E-state index is 13.1. The predicted octanol–water partition coefficient (Wildman–Crippen LogP) is 1.58. The summed E-state index contributed by atoms with van der Waals surface area (Å²) in [4.78, 5) is 40.1. The maximum Gasteiger partial charge on any atom is 0.490 e. The molecule has 0 radical (unpaired) electrons. The molecular weight excluding hydrogens is 568 g/mol. The van der Waals surface area contributed by atoms with Crippen LogP contribution in [0.5, 0.6) is 0 Å². The number of carbonyl (C=O) groups is 3. The Bertz CT molecular complexity index is 1040. The Labute approximate surface area is 232 Å². The predicted molar refractivity (Wildman–Crippen MR) is 131 cm³/mol. The number of likely N-dealkylation sites (N-methyl/N-ethyl adjacent to an activating group) is 2. The molecular formula is C23H35F6N7O5. The van der Waals surface area contributed by atoms with Gasteiger partial charge in [0.2, 0.25) is 5.82 Å². The van der Waals surface area contributed by atoms with Crippen molar-refractivity contribution in [3.63, 3.8) is 0 Å². The van der Waals surface area contributed by atoms with Crippen LogP contribution in [0.3, 0.4) is 0 Å². The molecule has 234 valence electrons. The fourth-order valence-corrected chi connectivity index (χ4v) is 4.82. The zero-order valence-corrected chi connectivity index (χ0v) is 23.2. The largest absolute Gasteiger partial charge is 0.490 e. The highest BCUT2D eigenvalue weighted by molar-refractivity contribution is 5.91. The van der Waals surface area contributed by atoms with Crippen LogP contribution in [0, 0.1) is 0 Å². The van der Waals surface area contributed by atoms with E-state index < -0.39 is 24.3 Å². The Kier molecular flexibility index (Phi) is 11.1. The number of aromatic nitrogens is 3. The van der Waals surface area contributed by atoms with Crippen LogP contribution in [0.2, 0.25) is 0 Å². The number of alkyl halides is 6. The monoisotopic (exact) mass is 603 g/mol. The van der Waals surface area contributed by atoms with Gasteiger partial charge in [0.15, 0.2) is 5.82 Å². The van der Waals surface area contributed by atoms with E-state index in [0.717, 1.165) is 71.0 Å². The van der Waals surface area contributed by atoms with Crippen molar-refractivity contribution in [1.82, 2.24) is 34.4 Å². The summed E-state index contributed by atoms with van der Waals surface area (Å²) < 4.78 is 65.6. The van der Waals surface area contributed by atoms with E-state index in [-0.39, 0.29) is 11.4 Å². The Hall–Kier alpha value is -2.99. The molecule has 1 amide bonds. The molecule has 1 aromatic rings. The number of carboxylic acid groups (broad SMARTS) is 2. The molecule has 1 aromatic heterocycles. The topological polar surface area (TPSA) is 135 Å². The zero-order valence-electron chi connectivity index (χ0n) is 23.2. The average Bonchev–Trinajstić information content (AvgIpc) is 3.31. The van der Waals surface area contributed by atoms with Crippen molar-refractivity contribution in [2.24, 2.45) is 0 Å². The highest BCUT2D eigenvalue weighted by atomic mass is 19.4. The fraction of sp³-hybridized carbons (Fsp3) is 0.783. The van der Waals surface area contributed by atoms with Crippen LogP contribution in [0.15, 0.2) is 0 Å². The second-order valence-corrected chi connectivity index (χ2v) is 10.3. The van der Waals surface area contributed by atoms with Crippen molar-refractivity contribution in [1.29, 1.82) is 0 Å². The van der Waals surface area contributed by atoms with Crippen LogP contribution in [0.4, 0.5) is 26.3 Å². The highest BCUT2D eigenvalue weighted by Gasteiger charge is 2.47. The molecule has 3 aliphatic heterocycles. The van der Waals surface area contributed by atoms with Crippen LogP contribution in [-0.4, -0.2) is 141 Å². The average molecular weight is 604 g/mol. The number of fused-ring (bicyclic) bond motifs is 2. The number of carboxylic acids is 2. The van der Waals surface area contributed by atoms with Crippen molar-refractivity contribution < 1.29 is 50.9 Å². The maximum absolute atomic E-state index is 13.1. The summed E-state index contributed by atoms with van der Waals surface area (Å²) >= 11 is 0. The second kappa shape index (κ2) is 13.3. The minimum atomic E-state index is -5.08. The van der Waals surface area contributed by atoms with Gasteiger partial charge < -0.3 is 29.5 Å². The molecule has 0 aromatic carbocycles. The molecule has 3 aliphatic rings. The minimum Gasteiger partial charge on any atom is -0.475 e. The molecule has 4 rings (SSSR count). The van der Waals surface area contributed by atoms with Gasteiger partial charge in [-0.05, 0) is 40.8 Å². The van der Waals surface area contributed by atoms with Crippen molar-refractivity contribution in [3.05, 3.63) is 11.6 Å². The molecule has 2 saturated heterocycles. The van der Waals surface area contributed by atoms with Crippen molar-refractivity contribution in [2.75, 3.05) is 59.9 Å². The molecule has 18 heteroatoms. The van der Waals surface area contributed by atoms with E-state index in [0.29, 0.717) is 11.9 Å². The Balaban J connectivity index is 0.000000349. The van der Waals surface area contributed by atoms with Crippen molar-refractivity contribution in [3.8, 4) is 0 Å². The van der Waals surface area contributed by atoms with Gasteiger partial charge in [0.1, 0.15) is 0 Å². The van der Waals surface area contributed by atoms with E-state index in [1.807, 2.05) is 4.90 Å². The SMILES string of the molecule is CC(C)N1CCC2(CC1)c1nnc(C(=O)N3CCN(C)CC3)n1CCN2C.O=C(O)C(F)(F)F.O=C(O)C(F)(F)F. The third kappa shape index (κ3) is 8.51. The molecule has 2 N–H and O–H groups in total. The smallest absolute Gasteiger partial charge is 0.475 e. The van der Waals surface area contributed by atoms with Crippen molar-refractivity contribution in [2.45, 2.75) is 57.2 Å². The number of piperidine rings is 1. The number of likely N-dealkylation sites (tertiary alicyclic amines) is 1. The van der Waals surface area contributed by atoms with Gasteiger partial charge in [0, 0.05) is 58.4 Å². The van der Waals surface area contributed by atoms with Crippen LogP contribution < -0.4 is 0 Å². The lowest BCUT2D eigenvalue weighted by atomic mass is 9.83. The number of amides is 1. The van der Waals surface area contributed by atoms with Crippen molar-refractivity contribution >= 4 is 17.8 Å². The molecule has 1 spiro atoms. The van der Waals surface area contributed by atoms with Crippen LogP contribution in [0.25, 0.3) is 0 Å². The van der Waals surface area contributed by atoms with Crippen LogP contribution >= 0.6 is 0 Å². The first-order valence-corrected chi connectivity index (χ1v) is 12.8. The molecule has 0 bridgehead atoms. The summed E-state index contributed by atoms with van der Waals surface area (Å²) in [7, 11) is 4.30. The summed E-state index contributed by atoms with van der Waals surface area (Å²) in [5, 5.41) is 23.2. The molecule has 12 nitrogen and oxygen atoms in total. The molecule has 4 heterocycles. The number of hydrogen-bond acceptors (Lipinski definition) is 8. The van der Waals surface area contributed by atoms with Gasteiger partial charge in [-0.15, -0.1) is 10.2 Å². The number of carbonyl (C=O) groups excluding carboxylic acids is 1. The van der Waals surface area contributed by atoms with Crippen LogP contribution in [-0.2, 0) is 21.7 Å². The van der Waals surface area contributed by atoms with E-state index in [2.05, 4.69) is 57.4 Å². The minimum absolute atomic E-state index is 0.0427. The fourth-order valence-electron chi connectivity index (χ4n) is 4.82. The number of aliphatic carboxylic acids is 2. The molecule has 0 saturated carbocycles. The number of halogens is 6. The van der Waals surface area contributed by atoms with E-state index in [9.17, 15) is 31.1 Å². The summed E-state index contributed by atoms with van der Waals surface area (Å²) in [6.45, 7) is 11.8. The second-order valence-electron chi connectivity index (χ2n) is 10.3. The lowest BCUT2D eigenvalue weighted by Crippen LogP contribution is -2.57. The number of piperazine rings is 1. The molecule has 2 fully saturated rings. The zero-order chi connectivity index (χ0) is 31.3. The van der Waals surface area contributed by atoms with Gasteiger partial charge in [-0.1, -0.05) is 0 Å². The lowest BCUT2D eigenvalue weighted by Gasteiger charge is -2.49. The highest BCUT2D eigenvalue weighted by Crippen LogP contribution is 2.40. The third-order valence-electron chi connectivity index (χ3n) is 7.38. The normalized spacial score (nSPS) is 20.0. The van der Waals surface area contributed by atoms with Gasteiger partial charge in [-0.25, -0.2) is 9.59 Å². The van der Waals surface area contributed by atoms with E-state index in [1.165, 1.54) is 0 Å². The van der Waals surface area contributed by atoms with Crippen LogP contribution in [0.1, 0.15) is 43.1 Å². The van der Waals surface area contributed by atoms with Gasteiger partial charge in [0.05, 0.1) is 5.54 Å². The first-order chi connectivity index (χ1) is 18.8. The van der Waals surface area contributed by atoms with E-state index in [1.54, 1.807) is 0 Å². The summed E-state index contributed by atoms with van der Waals surface area (Å²) in [5.41, 5.74) is -0.0860. The number of nitrogens with zero attached hydrogens (tertiary/aromatic N) is 7. The number of hydrogen-bond donors (Lipinski definition) is 2. The first kappa shape index (κ1) is 34.2. The summed E-state index contributed by atoms with van der Waals surface area (Å²) in [6, 6.07) is 0.573. The third-order valence-corrected chi connectivity index (χ3v) is 7.38. The molecule has 41 heavy (non-hydrogen) atoms. The molecule has 0 atom stereocenters. The Morgan fingerprint density at radius 3 is 1.66 bits per heavy atom. The Morgan fingerprint density at radius 2 is 1.24 bits per heavy atom. The Morgan fingerprint density at radius 1 is 0.780 bits per heavy atom. The van der Waals surface area contributed by atoms with Gasteiger partial charge in [-0.3, -0.25) is 9.69 Å². The molecule has 0 aliphatic carbocycles. The molecule has 0 unspecified atom stereocenters. The van der Waals surface area contributed by atoms with Gasteiger partial charge in [0.25, 0.3) is 5.91 Å².